The lowest BCUT2D eigenvalue weighted by Gasteiger charge is -2.40. The second kappa shape index (κ2) is 18.6. The van der Waals surface area contributed by atoms with E-state index in [1.54, 1.807) is 32.4 Å². The summed E-state index contributed by atoms with van der Waals surface area (Å²) in [6, 6.07) is 8.91. The zero-order valence-corrected chi connectivity index (χ0v) is 30.6. The molecule has 2 aromatic rings. The van der Waals surface area contributed by atoms with Gasteiger partial charge in [0.05, 0.1) is 48.7 Å². The number of carbonyl (C=O) groups excluding carboxylic acids is 3. The molecule has 1 aromatic carbocycles. The average Bonchev–Trinajstić information content (AvgIpc) is 3.78. The lowest BCUT2D eigenvalue weighted by atomic mass is 9.89. The van der Waals surface area contributed by atoms with E-state index >= 15 is 0 Å². The highest BCUT2D eigenvalue weighted by Gasteiger charge is 2.42. The van der Waals surface area contributed by atoms with Crippen molar-refractivity contribution in [3.63, 3.8) is 0 Å². The standard InChI is InChI=1S/C36H57N5O5S/c1-10-24(4)32(40(7)36(44)31(37-6)23(2)3)29(45-8)22-30(42)41-19-14-17-28(41)33(46-9)25(5)34(43)39-27(35-38-18-20-47-35)21-26-15-12-11-13-16-26/h11-13,15-16,18,20,23-25,27-29,31-33,37H,10,14,17,19,21-22H2,1-9H3,(H,39,43)/t24?,25-,27+,28+,29-,31+,32+,33-/m1/s1. The number of aromatic nitrogens is 1. The molecule has 1 aliphatic rings. The molecule has 2 N–H and O–H groups in total. The van der Waals surface area contributed by atoms with Gasteiger partial charge in [0.15, 0.2) is 0 Å². The van der Waals surface area contributed by atoms with E-state index in [0.29, 0.717) is 13.0 Å². The number of hydrogen-bond donors (Lipinski definition) is 2. The average molecular weight is 672 g/mol. The summed E-state index contributed by atoms with van der Waals surface area (Å²) < 4.78 is 12.0. The second-order valence-electron chi connectivity index (χ2n) is 13.2. The van der Waals surface area contributed by atoms with Crippen LogP contribution < -0.4 is 10.6 Å². The Hall–Kier alpha value is -2.86. The molecule has 1 aliphatic heterocycles. The Kier molecular flexibility index (Phi) is 15.3. The van der Waals surface area contributed by atoms with E-state index in [9.17, 15) is 14.4 Å². The molecule has 11 heteroatoms. The van der Waals surface area contributed by atoms with Gasteiger partial charge in [-0.05, 0) is 43.7 Å². The van der Waals surface area contributed by atoms with Crippen molar-refractivity contribution in [2.45, 2.75) is 103 Å². The number of nitrogens with one attached hydrogen (secondary N) is 2. The van der Waals surface area contributed by atoms with E-state index < -0.39 is 18.1 Å². The molecule has 0 bridgehead atoms. The molecular formula is C36H57N5O5S. The molecule has 3 amide bonds. The lowest BCUT2D eigenvalue weighted by Crippen LogP contribution is -2.56. The fourth-order valence-electron chi connectivity index (χ4n) is 7.03. The Balaban J connectivity index is 1.76. The number of carbonyl (C=O) groups is 3. The van der Waals surface area contributed by atoms with Gasteiger partial charge in [0, 0.05) is 39.4 Å². The van der Waals surface area contributed by atoms with Crippen LogP contribution in [0, 0.1) is 17.8 Å². The molecule has 47 heavy (non-hydrogen) atoms. The van der Waals surface area contributed by atoms with Gasteiger partial charge in [-0.15, -0.1) is 11.3 Å². The van der Waals surface area contributed by atoms with Crippen LogP contribution in [0.2, 0.25) is 0 Å². The minimum atomic E-state index is -0.513. The molecule has 0 saturated carbocycles. The molecule has 0 radical (unpaired) electrons. The van der Waals surface area contributed by atoms with Crippen LogP contribution in [-0.4, -0.2) is 97.7 Å². The summed E-state index contributed by atoms with van der Waals surface area (Å²) in [6.07, 6.45) is 3.92. The van der Waals surface area contributed by atoms with Crippen molar-refractivity contribution in [1.82, 2.24) is 25.4 Å². The van der Waals surface area contributed by atoms with E-state index in [2.05, 4.69) is 29.5 Å². The molecule has 1 fully saturated rings. The monoisotopic (exact) mass is 671 g/mol. The second-order valence-corrected chi connectivity index (χ2v) is 14.1. The fourth-order valence-corrected chi connectivity index (χ4v) is 7.72. The van der Waals surface area contributed by atoms with E-state index in [1.165, 1.54) is 11.3 Å². The van der Waals surface area contributed by atoms with Crippen LogP contribution in [0.15, 0.2) is 41.9 Å². The van der Waals surface area contributed by atoms with Gasteiger partial charge in [0.2, 0.25) is 17.7 Å². The SMILES string of the molecule is CCC(C)[C@@H]([C@@H](CC(=O)N1CCC[C@H]1[C@H](OC)[C@@H](C)C(=O)N[C@@H](Cc1ccccc1)c1nccs1)OC)N(C)C(=O)[C@@H](NC)C(C)C. The van der Waals surface area contributed by atoms with E-state index in [-0.39, 0.29) is 60.1 Å². The highest BCUT2D eigenvalue weighted by molar-refractivity contribution is 7.09. The number of amides is 3. The van der Waals surface area contributed by atoms with E-state index in [0.717, 1.165) is 29.8 Å². The predicted octanol–water partition coefficient (Wildman–Crippen LogP) is 4.71. The van der Waals surface area contributed by atoms with Crippen LogP contribution in [0.4, 0.5) is 0 Å². The third-order valence-corrected chi connectivity index (χ3v) is 10.7. The maximum atomic E-state index is 14.0. The van der Waals surface area contributed by atoms with Crippen molar-refractivity contribution in [2.24, 2.45) is 17.8 Å². The van der Waals surface area contributed by atoms with Crippen molar-refractivity contribution in [2.75, 3.05) is 34.9 Å². The summed E-state index contributed by atoms with van der Waals surface area (Å²) in [4.78, 5) is 49.5. The smallest absolute Gasteiger partial charge is 0.240 e. The van der Waals surface area contributed by atoms with Crippen LogP contribution in [0.1, 0.15) is 76.9 Å². The van der Waals surface area contributed by atoms with Crippen LogP contribution in [0.5, 0.6) is 0 Å². The van der Waals surface area contributed by atoms with E-state index in [1.807, 2.05) is 68.4 Å². The number of thiazole rings is 1. The topological polar surface area (TPSA) is 113 Å². The first-order valence-electron chi connectivity index (χ1n) is 17.0. The number of ether oxygens (including phenoxy) is 2. The quantitative estimate of drug-likeness (QED) is 0.236. The normalized spacial score (nSPS) is 19.4. The van der Waals surface area contributed by atoms with Crippen LogP contribution in [0.3, 0.4) is 0 Å². The van der Waals surface area contributed by atoms with Crippen molar-refractivity contribution >= 4 is 29.1 Å². The van der Waals surface area contributed by atoms with Gasteiger partial charge in [-0.3, -0.25) is 14.4 Å². The fraction of sp³-hybridized carbons (Fsp3) is 0.667. The first kappa shape index (κ1) is 38.6. The number of nitrogens with zero attached hydrogens (tertiary/aromatic N) is 3. The maximum absolute atomic E-state index is 14.0. The van der Waals surface area contributed by atoms with Crippen LogP contribution >= 0.6 is 11.3 Å². The minimum Gasteiger partial charge on any atom is -0.379 e. The first-order valence-corrected chi connectivity index (χ1v) is 17.9. The molecule has 262 valence electrons. The van der Waals surface area contributed by atoms with Gasteiger partial charge < -0.3 is 29.9 Å². The van der Waals surface area contributed by atoms with Gasteiger partial charge in [-0.1, -0.05) is 71.4 Å². The maximum Gasteiger partial charge on any atom is 0.240 e. The Morgan fingerprint density at radius 1 is 1.11 bits per heavy atom. The third kappa shape index (κ3) is 9.84. The molecule has 0 spiro atoms. The molecule has 1 unspecified atom stereocenters. The Morgan fingerprint density at radius 3 is 2.36 bits per heavy atom. The molecule has 8 atom stereocenters. The summed E-state index contributed by atoms with van der Waals surface area (Å²) in [6.45, 7) is 10.7. The van der Waals surface area contributed by atoms with Gasteiger partial charge in [0.25, 0.3) is 0 Å². The van der Waals surface area contributed by atoms with Gasteiger partial charge in [-0.25, -0.2) is 4.98 Å². The number of likely N-dealkylation sites (tertiary alicyclic amines) is 1. The van der Waals surface area contributed by atoms with E-state index in [4.69, 9.17) is 9.47 Å². The summed E-state index contributed by atoms with van der Waals surface area (Å²) in [5.41, 5.74) is 1.11. The molecule has 3 rings (SSSR count). The number of likely N-dealkylation sites (N-methyl/N-ethyl adjacent to an activating group) is 2. The summed E-state index contributed by atoms with van der Waals surface area (Å²) in [5, 5.41) is 9.15. The molecule has 1 aromatic heterocycles. The highest BCUT2D eigenvalue weighted by atomic mass is 32.1. The largest absolute Gasteiger partial charge is 0.379 e. The molecule has 2 heterocycles. The zero-order valence-electron chi connectivity index (χ0n) is 29.8. The Morgan fingerprint density at radius 2 is 1.81 bits per heavy atom. The van der Waals surface area contributed by atoms with Crippen LogP contribution in [0.25, 0.3) is 0 Å². The van der Waals surface area contributed by atoms with Crippen LogP contribution in [-0.2, 0) is 30.3 Å². The van der Waals surface area contributed by atoms with Gasteiger partial charge in [-0.2, -0.15) is 0 Å². The molecular weight excluding hydrogens is 614 g/mol. The number of hydrogen-bond acceptors (Lipinski definition) is 8. The summed E-state index contributed by atoms with van der Waals surface area (Å²) >= 11 is 1.52. The number of rotatable bonds is 18. The first-order chi connectivity index (χ1) is 22.5. The number of methoxy groups -OCH3 is 2. The number of benzene rings is 1. The Bertz CT molecular complexity index is 1250. The third-order valence-electron chi connectivity index (χ3n) is 9.85. The highest BCUT2D eigenvalue weighted by Crippen LogP contribution is 2.30. The molecule has 0 aliphatic carbocycles. The summed E-state index contributed by atoms with van der Waals surface area (Å²) in [5.74, 6) is -0.492. The predicted molar refractivity (Wildman–Crippen MR) is 187 cm³/mol. The zero-order chi connectivity index (χ0) is 34.7. The van der Waals surface area contributed by atoms with Gasteiger partial charge >= 0.3 is 0 Å². The molecule has 10 nitrogen and oxygen atoms in total. The van der Waals surface area contributed by atoms with Crippen molar-refractivity contribution in [3.8, 4) is 0 Å². The van der Waals surface area contributed by atoms with Crippen molar-refractivity contribution in [3.05, 3.63) is 52.5 Å². The van der Waals surface area contributed by atoms with Gasteiger partial charge in [0.1, 0.15) is 5.01 Å². The van der Waals surface area contributed by atoms with Crippen molar-refractivity contribution in [1.29, 1.82) is 0 Å². The Labute approximate surface area is 286 Å². The van der Waals surface area contributed by atoms with Crippen molar-refractivity contribution < 1.29 is 23.9 Å². The summed E-state index contributed by atoms with van der Waals surface area (Å²) in [7, 11) is 6.85. The lowest BCUT2D eigenvalue weighted by molar-refractivity contribution is -0.147. The minimum absolute atomic E-state index is 0.0102. The molecule has 1 saturated heterocycles.